The summed E-state index contributed by atoms with van der Waals surface area (Å²) in [6.07, 6.45) is 0. The van der Waals surface area contributed by atoms with Crippen molar-refractivity contribution in [2.45, 2.75) is 12.8 Å². The highest BCUT2D eigenvalue weighted by atomic mass is 31.2. The van der Waals surface area contributed by atoms with Crippen LogP contribution in [0, 0.1) is 18.8 Å². The van der Waals surface area contributed by atoms with Crippen LogP contribution in [0.15, 0.2) is 48.5 Å². The number of aryl methyl sites for hydroxylation is 1. The van der Waals surface area contributed by atoms with E-state index in [4.69, 9.17) is 9.05 Å². The lowest BCUT2D eigenvalue weighted by molar-refractivity contribution is 0.176. The number of aliphatic hydroxyl groups is 1. The fourth-order valence-electron chi connectivity index (χ4n) is 2.06. The largest absolute Gasteiger partial charge is 0.376 e. The summed E-state index contributed by atoms with van der Waals surface area (Å²) in [5, 5.41) is 10.4. The van der Waals surface area contributed by atoms with Crippen molar-refractivity contribution in [3.8, 4) is 11.8 Å². The average molecular weight is 330 g/mol. The summed E-state index contributed by atoms with van der Waals surface area (Å²) >= 11 is 0. The molecular formula is C18H19O4P. The third kappa shape index (κ3) is 4.10. The van der Waals surface area contributed by atoms with Crippen LogP contribution in [0.5, 0.6) is 0 Å². The molecule has 4 nitrogen and oxygen atoms in total. The minimum absolute atomic E-state index is 0.416. The van der Waals surface area contributed by atoms with Gasteiger partial charge in [-0.05, 0) is 25.1 Å². The van der Waals surface area contributed by atoms with Gasteiger partial charge in [0.25, 0.3) is 0 Å². The van der Waals surface area contributed by atoms with E-state index in [1.54, 1.807) is 24.3 Å². The standard InChI is InChI=1S/C18H19O4P/c1-14-8-10-15(11-9-14)12-13-16-6-4-5-7-17(16)18(19)23(20,21-2)22-3/h4-11,18-19H,1-3H3. The first-order valence-electron chi connectivity index (χ1n) is 7.07. The highest BCUT2D eigenvalue weighted by molar-refractivity contribution is 7.54. The number of aliphatic hydroxyl groups excluding tert-OH is 1. The molecule has 0 amide bonds. The molecule has 0 heterocycles. The van der Waals surface area contributed by atoms with Crippen LogP contribution in [-0.4, -0.2) is 19.3 Å². The van der Waals surface area contributed by atoms with Crippen molar-refractivity contribution in [2.24, 2.45) is 0 Å². The maximum absolute atomic E-state index is 12.4. The highest BCUT2D eigenvalue weighted by Crippen LogP contribution is 2.58. The molecule has 1 atom stereocenters. The van der Waals surface area contributed by atoms with E-state index in [1.165, 1.54) is 14.2 Å². The molecule has 5 heteroatoms. The Kier molecular flexibility index (Phi) is 5.76. The van der Waals surface area contributed by atoms with Crippen molar-refractivity contribution < 1.29 is 18.7 Å². The minimum atomic E-state index is -3.64. The fourth-order valence-corrected chi connectivity index (χ4v) is 3.17. The molecule has 0 fully saturated rings. The molecule has 0 aliphatic carbocycles. The van der Waals surface area contributed by atoms with Crippen molar-refractivity contribution in [3.63, 3.8) is 0 Å². The van der Waals surface area contributed by atoms with Crippen molar-refractivity contribution in [3.05, 3.63) is 70.8 Å². The van der Waals surface area contributed by atoms with Gasteiger partial charge >= 0.3 is 7.60 Å². The molecule has 0 aromatic heterocycles. The third-order valence-electron chi connectivity index (χ3n) is 3.44. The molecule has 0 aliphatic heterocycles. The first kappa shape index (κ1) is 17.5. The van der Waals surface area contributed by atoms with E-state index >= 15 is 0 Å². The molecule has 0 bridgehead atoms. The Morgan fingerprint density at radius 2 is 1.61 bits per heavy atom. The van der Waals surface area contributed by atoms with E-state index < -0.39 is 13.4 Å². The lowest BCUT2D eigenvalue weighted by Crippen LogP contribution is -2.04. The topological polar surface area (TPSA) is 55.8 Å². The SMILES string of the molecule is COP(=O)(OC)C(O)c1ccccc1C#Cc1ccc(C)cc1. The van der Waals surface area contributed by atoms with E-state index in [0.29, 0.717) is 11.1 Å². The molecule has 1 N–H and O–H groups in total. The monoisotopic (exact) mass is 330 g/mol. The van der Waals surface area contributed by atoms with Crippen molar-refractivity contribution in [1.29, 1.82) is 0 Å². The Balaban J connectivity index is 2.39. The van der Waals surface area contributed by atoms with Gasteiger partial charge in [0, 0.05) is 30.9 Å². The molecule has 2 rings (SSSR count). The molecular weight excluding hydrogens is 311 g/mol. The summed E-state index contributed by atoms with van der Waals surface area (Å²) in [5.74, 6) is 4.66. The van der Waals surface area contributed by atoms with Gasteiger partial charge in [0.2, 0.25) is 0 Å². The molecule has 0 radical (unpaired) electrons. The van der Waals surface area contributed by atoms with Crippen LogP contribution in [-0.2, 0) is 13.6 Å². The Morgan fingerprint density at radius 3 is 2.22 bits per heavy atom. The van der Waals surface area contributed by atoms with Crippen LogP contribution in [0.1, 0.15) is 28.1 Å². The molecule has 2 aromatic rings. The average Bonchev–Trinajstić information content (AvgIpc) is 2.60. The smallest absolute Gasteiger partial charge is 0.362 e. The summed E-state index contributed by atoms with van der Waals surface area (Å²) in [6.45, 7) is 2.01. The van der Waals surface area contributed by atoms with Gasteiger partial charge in [0.15, 0.2) is 5.85 Å². The number of benzene rings is 2. The second kappa shape index (κ2) is 7.59. The predicted octanol–water partition coefficient (Wildman–Crippen LogP) is 3.87. The normalized spacial score (nSPS) is 12.3. The second-order valence-corrected chi connectivity index (χ2v) is 7.28. The molecule has 0 saturated carbocycles. The van der Waals surface area contributed by atoms with E-state index in [-0.39, 0.29) is 0 Å². The second-order valence-electron chi connectivity index (χ2n) is 4.98. The van der Waals surface area contributed by atoms with Gasteiger partial charge in [-0.15, -0.1) is 0 Å². The summed E-state index contributed by atoms with van der Waals surface area (Å²) in [5.41, 5.74) is 3.02. The molecule has 1 unspecified atom stereocenters. The molecule has 23 heavy (non-hydrogen) atoms. The molecule has 0 aliphatic rings. The van der Waals surface area contributed by atoms with Crippen LogP contribution in [0.4, 0.5) is 0 Å². The minimum Gasteiger partial charge on any atom is -0.376 e. The van der Waals surface area contributed by atoms with E-state index in [1.807, 2.05) is 31.2 Å². The summed E-state index contributed by atoms with van der Waals surface area (Å²) in [7, 11) is -1.15. The first-order chi connectivity index (χ1) is 11.0. The van der Waals surface area contributed by atoms with Crippen molar-refractivity contribution >= 4 is 7.60 Å². The van der Waals surface area contributed by atoms with E-state index in [9.17, 15) is 9.67 Å². The summed E-state index contributed by atoms with van der Waals surface area (Å²) in [4.78, 5) is 0. The summed E-state index contributed by atoms with van der Waals surface area (Å²) < 4.78 is 22.1. The van der Waals surface area contributed by atoms with Gasteiger partial charge in [0.1, 0.15) is 0 Å². The Labute approximate surface area is 136 Å². The van der Waals surface area contributed by atoms with Gasteiger partial charge in [-0.3, -0.25) is 4.57 Å². The first-order valence-corrected chi connectivity index (χ1v) is 8.68. The van der Waals surface area contributed by atoms with Crippen LogP contribution in [0.25, 0.3) is 0 Å². The Morgan fingerprint density at radius 1 is 1.00 bits per heavy atom. The van der Waals surface area contributed by atoms with E-state index in [0.717, 1.165) is 11.1 Å². The van der Waals surface area contributed by atoms with Gasteiger partial charge < -0.3 is 14.2 Å². The lowest BCUT2D eigenvalue weighted by Gasteiger charge is -2.20. The zero-order chi connectivity index (χ0) is 16.9. The van der Waals surface area contributed by atoms with Crippen LogP contribution >= 0.6 is 7.60 Å². The van der Waals surface area contributed by atoms with Crippen LogP contribution < -0.4 is 0 Å². The van der Waals surface area contributed by atoms with Gasteiger partial charge in [0.05, 0.1) is 0 Å². The number of rotatable bonds is 4. The molecule has 120 valence electrons. The lowest BCUT2D eigenvalue weighted by atomic mass is 10.1. The molecule has 0 saturated heterocycles. The molecule has 2 aromatic carbocycles. The Hall–Kier alpha value is -1.89. The quantitative estimate of drug-likeness (QED) is 0.683. The Bertz CT molecular complexity index is 764. The number of hydrogen-bond donors (Lipinski definition) is 1. The van der Waals surface area contributed by atoms with Crippen LogP contribution in [0.2, 0.25) is 0 Å². The van der Waals surface area contributed by atoms with E-state index in [2.05, 4.69) is 11.8 Å². The third-order valence-corrected chi connectivity index (χ3v) is 5.34. The zero-order valence-corrected chi connectivity index (χ0v) is 14.2. The highest BCUT2D eigenvalue weighted by Gasteiger charge is 2.34. The van der Waals surface area contributed by atoms with Crippen LogP contribution in [0.3, 0.4) is 0 Å². The fraction of sp³-hybridized carbons (Fsp3) is 0.222. The predicted molar refractivity (Wildman–Crippen MR) is 90.2 cm³/mol. The van der Waals surface area contributed by atoms with Crippen molar-refractivity contribution in [2.75, 3.05) is 14.2 Å². The molecule has 0 spiro atoms. The maximum atomic E-state index is 12.4. The van der Waals surface area contributed by atoms with Crippen molar-refractivity contribution in [1.82, 2.24) is 0 Å². The maximum Gasteiger partial charge on any atom is 0.362 e. The zero-order valence-electron chi connectivity index (χ0n) is 13.3. The summed E-state index contributed by atoms with van der Waals surface area (Å²) in [6, 6.07) is 14.8. The van der Waals surface area contributed by atoms with Gasteiger partial charge in [-0.25, -0.2) is 0 Å². The van der Waals surface area contributed by atoms with Gasteiger partial charge in [-0.2, -0.15) is 0 Å². The van der Waals surface area contributed by atoms with Gasteiger partial charge in [-0.1, -0.05) is 47.7 Å². The number of hydrogen-bond acceptors (Lipinski definition) is 4.